The van der Waals surface area contributed by atoms with Gasteiger partial charge in [0.05, 0.1) is 17.2 Å². The van der Waals surface area contributed by atoms with Crippen LogP contribution in [-0.4, -0.2) is 41.6 Å². The zero-order chi connectivity index (χ0) is 23.1. The second-order valence-corrected chi connectivity index (χ2v) is 8.92. The van der Waals surface area contributed by atoms with Gasteiger partial charge in [-0.25, -0.2) is 8.42 Å². The molecule has 0 atom stereocenters. The number of rotatable bonds is 9. The molecule has 0 radical (unpaired) electrons. The highest BCUT2D eigenvalue weighted by Gasteiger charge is 2.21. The topological polar surface area (TPSA) is 76.1 Å². The molecule has 0 bridgehead atoms. The van der Waals surface area contributed by atoms with E-state index in [0.717, 1.165) is 5.69 Å². The molecule has 0 aliphatic heterocycles. The lowest BCUT2D eigenvalue weighted by atomic mass is 10.3. The molecule has 3 aromatic carbocycles. The second-order valence-electron chi connectivity index (χ2n) is 6.95. The summed E-state index contributed by atoms with van der Waals surface area (Å²) < 4.78 is 38.0. The maximum absolute atomic E-state index is 12.9. The molecule has 0 unspecified atom stereocenters. The summed E-state index contributed by atoms with van der Waals surface area (Å²) in [5.41, 5.74) is 1.25. The van der Waals surface area contributed by atoms with Crippen molar-refractivity contribution in [3.8, 4) is 11.5 Å². The second kappa shape index (κ2) is 10.2. The first-order chi connectivity index (χ1) is 15.3. The lowest BCUT2D eigenvalue weighted by Gasteiger charge is -2.20. The van der Waals surface area contributed by atoms with Crippen molar-refractivity contribution >= 4 is 27.3 Å². The smallest absolute Gasteiger partial charge is 0.264 e. The van der Waals surface area contributed by atoms with Crippen LogP contribution in [0.5, 0.6) is 11.5 Å². The molecule has 1 amide bonds. The summed E-state index contributed by atoms with van der Waals surface area (Å²) in [5.74, 6) is 0.883. The Morgan fingerprint density at radius 1 is 0.781 bits per heavy atom. The van der Waals surface area contributed by atoms with Crippen LogP contribution in [0.4, 0.5) is 11.4 Å². The van der Waals surface area contributed by atoms with Crippen molar-refractivity contribution in [2.45, 2.75) is 11.8 Å². The van der Waals surface area contributed by atoms with E-state index in [0.29, 0.717) is 23.8 Å². The SMILES string of the molecule is CCOc1ccc(S(=O)(=O)N(C)c2ccc(OCC(=O)N(C)c3ccccc3)cc2)cc1. The summed E-state index contributed by atoms with van der Waals surface area (Å²) in [6, 6.07) is 22.1. The monoisotopic (exact) mass is 454 g/mol. The van der Waals surface area contributed by atoms with Gasteiger partial charge >= 0.3 is 0 Å². The van der Waals surface area contributed by atoms with Crippen molar-refractivity contribution < 1.29 is 22.7 Å². The summed E-state index contributed by atoms with van der Waals surface area (Å²) in [7, 11) is -0.557. The Morgan fingerprint density at radius 2 is 1.34 bits per heavy atom. The van der Waals surface area contributed by atoms with Crippen LogP contribution in [0.25, 0.3) is 0 Å². The van der Waals surface area contributed by atoms with E-state index in [1.54, 1.807) is 43.4 Å². The Balaban J connectivity index is 1.63. The Labute approximate surface area is 188 Å². The molecule has 8 heteroatoms. The average molecular weight is 455 g/mol. The number of hydrogen-bond acceptors (Lipinski definition) is 5. The van der Waals surface area contributed by atoms with Gasteiger partial charge in [0.1, 0.15) is 11.5 Å². The van der Waals surface area contributed by atoms with E-state index in [9.17, 15) is 13.2 Å². The molecule has 32 heavy (non-hydrogen) atoms. The summed E-state index contributed by atoms with van der Waals surface area (Å²) >= 11 is 0. The highest BCUT2D eigenvalue weighted by Crippen LogP contribution is 2.25. The molecule has 0 spiro atoms. The number of para-hydroxylation sites is 1. The molecular weight excluding hydrogens is 428 g/mol. The summed E-state index contributed by atoms with van der Waals surface area (Å²) in [6.07, 6.45) is 0. The fourth-order valence-electron chi connectivity index (χ4n) is 2.96. The van der Waals surface area contributed by atoms with Crippen LogP contribution in [0.1, 0.15) is 6.92 Å². The highest BCUT2D eigenvalue weighted by atomic mass is 32.2. The molecule has 0 aromatic heterocycles. The fraction of sp³-hybridized carbons (Fsp3) is 0.208. The van der Waals surface area contributed by atoms with Crippen LogP contribution < -0.4 is 18.7 Å². The van der Waals surface area contributed by atoms with Gasteiger partial charge in [-0.3, -0.25) is 9.10 Å². The number of anilines is 2. The van der Waals surface area contributed by atoms with E-state index in [1.165, 1.54) is 28.4 Å². The van der Waals surface area contributed by atoms with Gasteiger partial charge in [-0.05, 0) is 67.6 Å². The van der Waals surface area contributed by atoms with Crippen LogP contribution in [-0.2, 0) is 14.8 Å². The summed E-state index contributed by atoms with van der Waals surface area (Å²) in [6.45, 7) is 2.24. The van der Waals surface area contributed by atoms with Gasteiger partial charge in [-0.1, -0.05) is 18.2 Å². The number of hydrogen-bond donors (Lipinski definition) is 0. The standard InChI is InChI=1S/C24H26N2O5S/c1-4-30-21-14-16-23(17-15-21)32(28,29)26(3)20-10-12-22(13-11-20)31-18-24(27)25(2)19-8-6-5-7-9-19/h5-17H,4,18H2,1-3H3. The van der Waals surface area contributed by atoms with Gasteiger partial charge in [-0.2, -0.15) is 0 Å². The fourth-order valence-corrected chi connectivity index (χ4v) is 4.16. The van der Waals surface area contributed by atoms with Crippen molar-refractivity contribution in [3.63, 3.8) is 0 Å². The number of nitrogens with zero attached hydrogens (tertiary/aromatic N) is 2. The van der Waals surface area contributed by atoms with Crippen LogP contribution in [0.2, 0.25) is 0 Å². The number of likely N-dealkylation sites (N-methyl/N-ethyl adjacent to an activating group) is 1. The Hall–Kier alpha value is -3.52. The quantitative estimate of drug-likeness (QED) is 0.489. The van der Waals surface area contributed by atoms with Crippen molar-refractivity contribution in [3.05, 3.63) is 78.9 Å². The molecule has 0 fully saturated rings. The van der Waals surface area contributed by atoms with Crippen molar-refractivity contribution in [2.75, 3.05) is 36.5 Å². The molecule has 0 aliphatic rings. The third kappa shape index (κ3) is 5.39. The molecule has 0 aliphatic carbocycles. The predicted molar refractivity (Wildman–Crippen MR) is 125 cm³/mol. The lowest BCUT2D eigenvalue weighted by Crippen LogP contribution is -2.31. The third-order valence-corrected chi connectivity index (χ3v) is 6.67. The lowest BCUT2D eigenvalue weighted by molar-refractivity contribution is -0.120. The van der Waals surface area contributed by atoms with Gasteiger partial charge in [-0.15, -0.1) is 0 Å². The van der Waals surface area contributed by atoms with Crippen LogP contribution in [0, 0.1) is 0 Å². The minimum atomic E-state index is -3.73. The van der Waals surface area contributed by atoms with E-state index in [2.05, 4.69) is 0 Å². The van der Waals surface area contributed by atoms with Gasteiger partial charge < -0.3 is 14.4 Å². The number of sulfonamides is 1. The minimum Gasteiger partial charge on any atom is -0.494 e. The Morgan fingerprint density at radius 3 is 1.94 bits per heavy atom. The molecule has 7 nitrogen and oxygen atoms in total. The normalized spacial score (nSPS) is 11.0. The van der Waals surface area contributed by atoms with E-state index in [-0.39, 0.29) is 17.4 Å². The number of carbonyl (C=O) groups excluding carboxylic acids is 1. The zero-order valence-electron chi connectivity index (χ0n) is 18.3. The third-order valence-electron chi connectivity index (χ3n) is 4.87. The van der Waals surface area contributed by atoms with E-state index in [4.69, 9.17) is 9.47 Å². The first kappa shape index (κ1) is 23.1. The minimum absolute atomic E-state index is 0.134. The number of ether oxygens (including phenoxy) is 2. The molecule has 168 valence electrons. The molecule has 0 saturated carbocycles. The van der Waals surface area contributed by atoms with Gasteiger partial charge in [0.25, 0.3) is 15.9 Å². The van der Waals surface area contributed by atoms with Gasteiger partial charge in [0, 0.05) is 19.8 Å². The molecular formula is C24H26N2O5S. The van der Waals surface area contributed by atoms with Gasteiger partial charge in [0.15, 0.2) is 6.61 Å². The summed E-state index contributed by atoms with van der Waals surface area (Å²) in [4.78, 5) is 14.0. The Bertz CT molecular complexity index is 1130. The van der Waals surface area contributed by atoms with E-state index >= 15 is 0 Å². The first-order valence-electron chi connectivity index (χ1n) is 10.1. The molecule has 0 N–H and O–H groups in total. The number of carbonyl (C=O) groups is 1. The summed E-state index contributed by atoms with van der Waals surface area (Å²) in [5, 5.41) is 0. The highest BCUT2D eigenvalue weighted by molar-refractivity contribution is 7.92. The van der Waals surface area contributed by atoms with Gasteiger partial charge in [0.2, 0.25) is 0 Å². The van der Waals surface area contributed by atoms with Crippen molar-refractivity contribution in [1.82, 2.24) is 0 Å². The molecule has 3 aromatic rings. The van der Waals surface area contributed by atoms with E-state index in [1.807, 2.05) is 37.3 Å². The van der Waals surface area contributed by atoms with Crippen LogP contribution in [0.15, 0.2) is 83.8 Å². The Kier molecular flexibility index (Phi) is 7.37. The maximum Gasteiger partial charge on any atom is 0.264 e. The average Bonchev–Trinajstić information content (AvgIpc) is 2.83. The number of benzene rings is 3. The van der Waals surface area contributed by atoms with E-state index < -0.39 is 10.0 Å². The van der Waals surface area contributed by atoms with Crippen molar-refractivity contribution in [2.24, 2.45) is 0 Å². The number of amides is 1. The first-order valence-corrected chi connectivity index (χ1v) is 11.5. The maximum atomic E-state index is 12.9. The molecule has 3 rings (SSSR count). The largest absolute Gasteiger partial charge is 0.494 e. The molecule has 0 heterocycles. The van der Waals surface area contributed by atoms with Crippen LogP contribution in [0.3, 0.4) is 0 Å². The predicted octanol–water partition coefficient (Wildman–Crippen LogP) is 3.95. The molecule has 0 saturated heterocycles. The van der Waals surface area contributed by atoms with Crippen molar-refractivity contribution in [1.29, 1.82) is 0 Å². The van der Waals surface area contributed by atoms with Crippen LogP contribution >= 0.6 is 0 Å². The zero-order valence-corrected chi connectivity index (χ0v) is 19.1.